The van der Waals surface area contributed by atoms with Crippen molar-refractivity contribution in [1.82, 2.24) is 0 Å². The summed E-state index contributed by atoms with van der Waals surface area (Å²) in [4.78, 5) is 40.3. The molecule has 0 amide bonds. The molecule has 1 heterocycles. The van der Waals surface area contributed by atoms with Gasteiger partial charge in [0, 0.05) is 25.2 Å². The number of carbonyl (C=O) groups is 3. The molecule has 39 heavy (non-hydrogen) atoms. The Hall–Kier alpha value is -2.63. The van der Waals surface area contributed by atoms with Crippen molar-refractivity contribution in [1.29, 1.82) is 0 Å². The van der Waals surface area contributed by atoms with Crippen molar-refractivity contribution in [3.63, 3.8) is 0 Å². The first kappa shape index (κ1) is 27.9. The molecule has 5 rings (SSSR count). The molecule has 0 radical (unpaired) electrons. The Morgan fingerprint density at radius 3 is 2.28 bits per heavy atom. The van der Waals surface area contributed by atoms with E-state index in [0.717, 1.165) is 0 Å². The van der Waals surface area contributed by atoms with Crippen LogP contribution in [0.15, 0.2) is 41.5 Å². The van der Waals surface area contributed by atoms with Gasteiger partial charge in [-0.1, -0.05) is 32.0 Å². The van der Waals surface area contributed by atoms with Gasteiger partial charge >= 0.3 is 11.9 Å². The fourth-order valence-electron chi connectivity index (χ4n) is 7.66. The highest BCUT2D eigenvalue weighted by Gasteiger charge is 2.77. The second-order valence-corrected chi connectivity index (χ2v) is 12.2. The van der Waals surface area contributed by atoms with Crippen LogP contribution >= 0.6 is 0 Å². The molecule has 4 unspecified atom stereocenters. The number of hydrogen-bond donors (Lipinski definition) is 4. The van der Waals surface area contributed by atoms with E-state index < -0.39 is 76.2 Å². The van der Waals surface area contributed by atoms with Crippen LogP contribution in [0, 0.1) is 16.7 Å². The lowest BCUT2D eigenvalue weighted by Gasteiger charge is -2.67. The molecule has 0 aromatic heterocycles. The molecule has 9 atom stereocenters. The van der Waals surface area contributed by atoms with E-state index >= 15 is 0 Å². The highest BCUT2D eigenvalue weighted by Crippen LogP contribution is 2.63. The Morgan fingerprint density at radius 2 is 1.72 bits per heavy atom. The van der Waals surface area contributed by atoms with Gasteiger partial charge in [-0.3, -0.25) is 9.59 Å². The summed E-state index contributed by atoms with van der Waals surface area (Å²) in [7, 11) is 0. The monoisotopic (exact) mass is 544 g/mol. The number of aliphatic hydroxyl groups is 4. The van der Waals surface area contributed by atoms with Gasteiger partial charge in [0.2, 0.25) is 0 Å². The minimum atomic E-state index is -2.07. The van der Waals surface area contributed by atoms with Crippen LogP contribution in [0.25, 0.3) is 0 Å². The Bertz CT molecular complexity index is 1240. The molecule has 4 aliphatic rings. The number of ketones is 1. The molecule has 1 aromatic rings. The summed E-state index contributed by atoms with van der Waals surface area (Å²) in [6, 6.07) is 8.08. The fraction of sp³-hybridized carbons (Fsp3) is 0.621. The Balaban J connectivity index is 1.81. The minimum Gasteiger partial charge on any atom is -0.455 e. The van der Waals surface area contributed by atoms with Crippen LogP contribution in [-0.4, -0.2) is 86.5 Å². The van der Waals surface area contributed by atoms with Crippen molar-refractivity contribution in [2.75, 3.05) is 6.61 Å². The average molecular weight is 545 g/mol. The van der Waals surface area contributed by atoms with Crippen molar-refractivity contribution < 1.29 is 49.0 Å². The lowest BCUT2D eigenvalue weighted by Crippen LogP contribution is -2.81. The van der Waals surface area contributed by atoms with E-state index in [0.29, 0.717) is 5.57 Å². The van der Waals surface area contributed by atoms with E-state index in [2.05, 4.69) is 0 Å². The first-order chi connectivity index (χ1) is 18.1. The molecule has 2 saturated carbocycles. The first-order valence-electron chi connectivity index (χ1n) is 13.2. The van der Waals surface area contributed by atoms with E-state index in [1.54, 1.807) is 39.0 Å². The molecular formula is C29H36O10. The van der Waals surface area contributed by atoms with Gasteiger partial charge in [0.25, 0.3) is 0 Å². The van der Waals surface area contributed by atoms with Crippen LogP contribution in [0.1, 0.15) is 57.8 Å². The van der Waals surface area contributed by atoms with Gasteiger partial charge in [-0.2, -0.15) is 0 Å². The molecule has 10 heteroatoms. The molecule has 3 fully saturated rings. The highest BCUT2D eigenvalue weighted by atomic mass is 16.6. The highest BCUT2D eigenvalue weighted by molar-refractivity contribution is 5.94. The number of hydrogen-bond acceptors (Lipinski definition) is 10. The van der Waals surface area contributed by atoms with Gasteiger partial charge in [-0.25, -0.2) is 4.79 Å². The maximum atomic E-state index is 14.3. The van der Waals surface area contributed by atoms with Crippen LogP contribution in [0.2, 0.25) is 0 Å². The topological polar surface area (TPSA) is 160 Å². The second kappa shape index (κ2) is 8.94. The van der Waals surface area contributed by atoms with Crippen LogP contribution < -0.4 is 0 Å². The number of carbonyl (C=O) groups excluding carboxylic acids is 3. The predicted octanol–water partition coefficient (Wildman–Crippen LogP) is 1.08. The van der Waals surface area contributed by atoms with Crippen LogP contribution in [-0.2, 0) is 23.8 Å². The summed E-state index contributed by atoms with van der Waals surface area (Å²) in [5, 5.41) is 46.7. The summed E-state index contributed by atoms with van der Waals surface area (Å²) in [6.45, 7) is 7.29. The van der Waals surface area contributed by atoms with E-state index in [4.69, 9.17) is 14.2 Å². The zero-order valence-electron chi connectivity index (χ0n) is 22.7. The van der Waals surface area contributed by atoms with Crippen molar-refractivity contribution in [3.8, 4) is 0 Å². The standard InChI is InChI=1S/C29H36O10/c1-14-17(31)12-29(36)24(38-25(35)16-9-7-6-8-10-16)22-27(5,23(34)21(33)20(14)26(29,3)4)18(32)11-19-28(22,13-37-19)39-15(2)30/h6-10,17-19,21-22,24,31-33,36H,11-13H2,1-5H3/t17?,18?,19-,21-,22?,24?,27-,28+,29-/m1/s1. The summed E-state index contributed by atoms with van der Waals surface area (Å²) >= 11 is 0. The lowest BCUT2D eigenvalue weighted by atomic mass is 9.44. The maximum absolute atomic E-state index is 14.3. The number of ether oxygens (including phenoxy) is 3. The molecule has 1 aliphatic heterocycles. The summed E-state index contributed by atoms with van der Waals surface area (Å²) < 4.78 is 17.7. The molecule has 0 spiro atoms. The third kappa shape index (κ3) is 3.62. The predicted molar refractivity (Wildman–Crippen MR) is 135 cm³/mol. The van der Waals surface area contributed by atoms with Gasteiger partial charge in [0.15, 0.2) is 11.4 Å². The van der Waals surface area contributed by atoms with E-state index in [1.807, 2.05) is 0 Å². The van der Waals surface area contributed by atoms with E-state index in [-0.39, 0.29) is 30.6 Å². The third-order valence-corrected chi connectivity index (χ3v) is 9.95. The van der Waals surface area contributed by atoms with Gasteiger partial charge in [-0.15, -0.1) is 0 Å². The van der Waals surface area contributed by atoms with Gasteiger partial charge < -0.3 is 34.6 Å². The van der Waals surface area contributed by atoms with Gasteiger partial charge in [0.1, 0.15) is 23.9 Å². The van der Waals surface area contributed by atoms with Gasteiger partial charge in [-0.05, 0) is 37.1 Å². The van der Waals surface area contributed by atoms with Crippen molar-refractivity contribution in [2.24, 2.45) is 16.7 Å². The minimum absolute atomic E-state index is 0.0828. The second-order valence-electron chi connectivity index (χ2n) is 12.2. The zero-order chi connectivity index (χ0) is 28.7. The van der Waals surface area contributed by atoms with E-state index in [9.17, 15) is 34.8 Å². The van der Waals surface area contributed by atoms with Crippen molar-refractivity contribution in [3.05, 3.63) is 47.0 Å². The number of aliphatic hydroxyl groups excluding tert-OH is 3. The normalized spacial score (nSPS) is 42.7. The lowest BCUT2D eigenvalue weighted by molar-refractivity contribution is -0.345. The maximum Gasteiger partial charge on any atom is 0.338 e. The number of rotatable bonds is 3. The van der Waals surface area contributed by atoms with E-state index in [1.165, 1.54) is 26.0 Å². The van der Waals surface area contributed by atoms with Gasteiger partial charge in [0.05, 0.1) is 35.7 Å². The third-order valence-electron chi connectivity index (χ3n) is 9.95. The quantitative estimate of drug-likeness (QED) is 0.320. The first-order valence-corrected chi connectivity index (χ1v) is 13.2. The molecule has 3 aliphatic carbocycles. The summed E-state index contributed by atoms with van der Waals surface area (Å²) in [6.07, 6.45) is -7.26. The summed E-state index contributed by atoms with van der Waals surface area (Å²) in [5.41, 5.74) is -6.24. The Labute approximate surface area is 226 Å². The van der Waals surface area contributed by atoms with Crippen LogP contribution in [0.4, 0.5) is 0 Å². The SMILES string of the molecule is CC(=O)O[C@@]12CO[C@@H]1CC(O)[C@@]1(C)C(=O)[C@H](O)C3=C(C)C(O)C[C@@](O)(C(OC(=O)c4ccccc4)C12)C3(C)C. The Morgan fingerprint density at radius 1 is 1.08 bits per heavy atom. The molecule has 1 saturated heterocycles. The van der Waals surface area contributed by atoms with Crippen molar-refractivity contribution >= 4 is 17.7 Å². The zero-order valence-corrected chi connectivity index (χ0v) is 22.7. The fourth-order valence-corrected chi connectivity index (χ4v) is 7.66. The van der Waals surface area contributed by atoms with Crippen LogP contribution in [0.5, 0.6) is 0 Å². The molecule has 4 N–H and O–H groups in total. The largest absolute Gasteiger partial charge is 0.455 e. The number of fused-ring (bicyclic) bond motifs is 5. The average Bonchev–Trinajstić information content (AvgIpc) is 2.87. The molecule has 2 bridgehead atoms. The molecule has 10 nitrogen and oxygen atoms in total. The molecular weight excluding hydrogens is 508 g/mol. The number of esters is 2. The Kier molecular flexibility index (Phi) is 6.40. The van der Waals surface area contributed by atoms with Crippen LogP contribution in [0.3, 0.4) is 0 Å². The number of benzene rings is 1. The van der Waals surface area contributed by atoms with Crippen molar-refractivity contribution in [2.45, 2.75) is 89.2 Å². The molecule has 212 valence electrons. The summed E-state index contributed by atoms with van der Waals surface area (Å²) in [5.74, 6) is -3.60. The molecule has 1 aromatic carbocycles. The smallest absolute Gasteiger partial charge is 0.338 e. The number of Topliss-reactive ketones (excluding diaryl/α,β-unsaturated/α-hetero) is 1.